The van der Waals surface area contributed by atoms with Crippen molar-refractivity contribution < 1.29 is 4.79 Å². The number of hydrogen-bond donors (Lipinski definition) is 0. The van der Waals surface area contributed by atoms with E-state index in [1.165, 1.54) is 12.8 Å². The zero-order chi connectivity index (χ0) is 10.3. The zero-order valence-electron chi connectivity index (χ0n) is 9.47. The lowest BCUT2D eigenvalue weighted by molar-refractivity contribution is -0.134. The van der Waals surface area contributed by atoms with Crippen LogP contribution in [0.3, 0.4) is 0 Å². The molecule has 0 radical (unpaired) electrons. The zero-order valence-corrected chi connectivity index (χ0v) is 9.47. The van der Waals surface area contributed by atoms with Gasteiger partial charge in [-0.3, -0.25) is 4.79 Å². The van der Waals surface area contributed by atoms with Gasteiger partial charge in [-0.25, -0.2) is 0 Å². The summed E-state index contributed by atoms with van der Waals surface area (Å²) < 4.78 is 0. The van der Waals surface area contributed by atoms with Crippen LogP contribution < -0.4 is 0 Å². The Bertz CT molecular complexity index is 145. The second-order valence-electron chi connectivity index (χ2n) is 3.60. The summed E-state index contributed by atoms with van der Waals surface area (Å²) in [6, 6.07) is 0. The molecule has 0 aromatic carbocycles. The highest BCUT2D eigenvalue weighted by Crippen LogP contribution is 2.14. The van der Waals surface area contributed by atoms with Gasteiger partial charge in [0.25, 0.3) is 0 Å². The van der Waals surface area contributed by atoms with Crippen molar-refractivity contribution in [2.24, 2.45) is 5.92 Å². The summed E-state index contributed by atoms with van der Waals surface area (Å²) in [7, 11) is 1.89. The van der Waals surface area contributed by atoms with Crippen molar-refractivity contribution in [1.82, 2.24) is 4.90 Å². The highest BCUT2D eigenvalue weighted by atomic mass is 16.2. The Morgan fingerprint density at radius 1 is 1.31 bits per heavy atom. The van der Waals surface area contributed by atoms with Crippen molar-refractivity contribution in [3.63, 3.8) is 0 Å². The van der Waals surface area contributed by atoms with Crippen molar-refractivity contribution >= 4 is 5.91 Å². The number of amides is 1. The van der Waals surface area contributed by atoms with Crippen LogP contribution in [0.5, 0.6) is 0 Å². The molecule has 0 aliphatic rings. The van der Waals surface area contributed by atoms with E-state index in [4.69, 9.17) is 0 Å². The SMILES string of the molecule is CCCCC(CC)C(=O)N(C)CC. The maximum absolute atomic E-state index is 11.7. The maximum Gasteiger partial charge on any atom is 0.225 e. The fraction of sp³-hybridized carbons (Fsp3) is 0.909. The smallest absolute Gasteiger partial charge is 0.225 e. The molecule has 1 atom stereocenters. The Morgan fingerprint density at radius 3 is 2.31 bits per heavy atom. The van der Waals surface area contributed by atoms with Gasteiger partial charge in [0.05, 0.1) is 0 Å². The first kappa shape index (κ1) is 12.5. The summed E-state index contributed by atoms with van der Waals surface area (Å²) in [5, 5.41) is 0. The Morgan fingerprint density at radius 2 is 1.92 bits per heavy atom. The van der Waals surface area contributed by atoms with Crippen LogP contribution in [0.2, 0.25) is 0 Å². The first-order chi connectivity index (χ1) is 6.17. The van der Waals surface area contributed by atoms with Crippen molar-refractivity contribution in [2.75, 3.05) is 13.6 Å². The van der Waals surface area contributed by atoms with Gasteiger partial charge in [-0.15, -0.1) is 0 Å². The largest absolute Gasteiger partial charge is 0.346 e. The molecule has 2 nitrogen and oxygen atoms in total. The minimum Gasteiger partial charge on any atom is -0.346 e. The van der Waals surface area contributed by atoms with Gasteiger partial charge in [0.15, 0.2) is 0 Å². The summed E-state index contributed by atoms with van der Waals surface area (Å²) in [6.07, 6.45) is 4.38. The third-order valence-corrected chi connectivity index (χ3v) is 2.60. The highest BCUT2D eigenvalue weighted by Gasteiger charge is 2.18. The summed E-state index contributed by atoms with van der Waals surface area (Å²) >= 11 is 0. The first-order valence-corrected chi connectivity index (χ1v) is 5.42. The number of nitrogens with zero attached hydrogens (tertiary/aromatic N) is 1. The molecule has 1 amide bonds. The second-order valence-corrected chi connectivity index (χ2v) is 3.60. The molecule has 0 aromatic rings. The van der Waals surface area contributed by atoms with Crippen molar-refractivity contribution in [2.45, 2.75) is 46.5 Å². The molecule has 2 heteroatoms. The van der Waals surface area contributed by atoms with E-state index in [2.05, 4.69) is 13.8 Å². The molecule has 78 valence electrons. The normalized spacial score (nSPS) is 12.6. The maximum atomic E-state index is 11.7. The Kier molecular flexibility index (Phi) is 6.65. The Balaban J connectivity index is 3.98. The van der Waals surface area contributed by atoms with E-state index in [0.29, 0.717) is 5.91 Å². The molecular weight excluding hydrogens is 162 g/mol. The average Bonchev–Trinajstić information content (AvgIpc) is 2.17. The summed E-state index contributed by atoms with van der Waals surface area (Å²) in [5.41, 5.74) is 0. The molecule has 0 N–H and O–H groups in total. The van der Waals surface area contributed by atoms with Gasteiger partial charge >= 0.3 is 0 Å². The van der Waals surface area contributed by atoms with E-state index >= 15 is 0 Å². The molecule has 0 aromatic heterocycles. The van der Waals surface area contributed by atoms with Gasteiger partial charge in [-0.1, -0.05) is 26.7 Å². The van der Waals surface area contributed by atoms with Crippen LogP contribution in [-0.2, 0) is 4.79 Å². The molecule has 0 bridgehead atoms. The average molecular weight is 185 g/mol. The molecule has 1 unspecified atom stereocenters. The topological polar surface area (TPSA) is 20.3 Å². The van der Waals surface area contributed by atoms with Crippen LogP contribution >= 0.6 is 0 Å². The van der Waals surface area contributed by atoms with Crippen LogP contribution in [-0.4, -0.2) is 24.4 Å². The van der Waals surface area contributed by atoms with E-state index in [9.17, 15) is 4.79 Å². The van der Waals surface area contributed by atoms with E-state index in [1.54, 1.807) is 0 Å². The van der Waals surface area contributed by atoms with E-state index in [1.807, 2.05) is 18.9 Å². The third-order valence-electron chi connectivity index (χ3n) is 2.60. The first-order valence-electron chi connectivity index (χ1n) is 5.42. The molecule has 0 heterocycles. The number of carbonyl (C=O) groups excluding carboxylic acids is 1. The van der Waals surface area contributed by atoms with Gasteiger partial charge in [0.1, 0.15) is 0 Å². The number of unbranched alkanes of at least 4 members (excludes halogenated alkanes) is 1. The minimum atomic E-state index is 0.255. The lowest BCUT2D eigenvalue weighted by Crippen LogP contribution is -2.32. The number of rotatable bonds is 6. The summed E-state index contributed by atoms with van der Waals surface area (Å²) in [4.78, 5) is 13.6. The third kappa shape index (κ3) is 4.30. The van der Waals surface area contributed by atoms with Gasteiger partial charge in [0.2, 0.25) is 5.91 Å². The molecule has 13 heavy (non-hydrogen) atoms. The second kappa shape index (κ2) is 6.93. The van der Waals surface area contributed by atoms with Crippen LogP contribution in [0.25, 0.3) is 0 Å². The Labute approximate surface area is 82.3 Å². The fourth-order valence-corrected chi connectivity index (χ4v) is 1.42. The number of carbonyl (C=O) groups is 1. The van der Waals surface area contributed by atoms with Crippen LogP contribution in [0, 0.1) is 5.92 Å². The van der Waals surface area contributed by atoms with Gasteiger partial charge in [-0.05, 0) is 19.8 Å². The quantitative estimate of drug-likeness (QED) is 0.623. The lowest BCUT2D eigenvalue weighted by Gasteiger charge is -2.21. The summed E-state index contributed by atoms with van der Waals surface area (Å²) in [6.45, 7) is 7.11. The lowest BCUT2D eigenvalue weighted by atomic mass is 9.98. The van der Waals surface area contributed by atoms with E-state index < -0.39 is 0 Å². The molecule has 0 saturated heterocycles. The van der Waals surface area contributed by atoms with Gasteiger partial charge in [-0.2, -0.15) is 0 Å². The van der Waals surface area contributed by atoms with Crippen molar-refractivity contribution in [3.05, 3.63) is 0 Å². The predicted molar refractivity (Wildman–Crippen MR) is 56.6 cm³/mol. The molecule has 0 aliphatic carbocycles. The minimum absolute atomic E-state index is 0.255. The summed E-state index contributed by atoms with van der Waals surface area (Å²) in [5.74, 6) is 0.573. The molecule has 0 saturated carbocycles. The standard InChI is InChI=1S/C11H23NO/c1-5-8-9-10(6-2)11(13)12(4)7-3/h10H,5-9H2,1-4H3. The van der Waals surface area contributed by atoms with Crippen LogP contribution in [0.1, 0.15) is 46.5 Å². The number of hydrogen-bond acceptors (Lipinski definition) is 1. The van der Waals surface area contributed by atoms with Crippen LogP contribution in [0.15, 0.2) is 0 Å². The molecular formula is C11H23NO. The van der Waals surface area contributed by atoms with Gasteiger partial charge < -0.3 is 4.90 Å². The molecule has 0 fully saturated rings. The molecule has 0 aliphatic heterocycles. The van der Waals surface area contributed by atoms with E-state index in [0.717, 1.165) is 19.4 Å². The fourth-order valence-electron chi connectivity index (χ4n) is 1.42. The predicted octanol–water partition coefficient (Wildman–Crippen LogP) is 2.68. The van der Waals surface area contributed by atoms with Crippen molar-refractivity contribution in [1.29, 1.82) is 0 Å². The molecule has 0 spiro atoms. The van der Waals surface area contributed by atoms with E-state index in [-0.39, 0.29) is 5.92 Å². The monoisotopic (exact) mass is 185 g/mol. The highest BCUT2D eigenvalue weighted by molar-refractivity contribution is 5.78. The Hall–Kier alpha value is -0.530. The van der Waals surface area contributed by atoms with Crippen LogP contribution in [0.4, 0.5) is 0 Å². The van der Waals surface area contributed by atoms with Gasteiger partial charge in [0, 0.05) is 19.5 Å². The molecule has 0 rings (SSSR count). The van der Waals surface area contributed by atoms with Crippen molar-refractivity contribution in [3.8, 4) is 0 Å².